The van der Waals surface area contributed by atoms with E-state index in [9.17, 15) is 9.90 Å². The van der Waals surface area contributed by atoms with Crippen molar-refractivity contribution in [1.82, 2.24) is 0 Å². The van der Waals surface area contributed by atoms with Crippen molar-refractivity contribution >= 4 is 5.97 Å². The smallest absolute Gasteiger partial charge is 0.546 e. The summed E-state index contributed by atoms with van der Waals surface area (Å²) in [4.78, 5) is 11.7. The normalized spacial score (nSPS) is 13.0. The van der Waals surface area contributed by atoms with Gasteiger partial charge in [-0.15, -0.1) is 0 Å². The number of benzene rings is 2. The third-order valence-corrected chi connectivity index (χ3v) is 4.26. The van der Waals surface area contributed by atoms with E-state index in [2.05, 4.69) is 20.8 Å². The van der Waals surface area contributed by atoms with Crippen molar-refractivity contribution in [3.63, 3.8) is 0 Å². The Labute approximate surface area is 172 Å². The van der Waals surface area contributed by atoms with Crippen molar-refractivity contribution in [3.05, 3.63) is 65.2 Å². The first-order valence-corrected chi connectivity index (χ1v) is 8.42. The van der Waals surface area contributed by atoms with Crippen LogP contribution in [0.5, 0.6) is 5.75 Å². The summed E-state index contributed by atoms with van der Waals surface area (Å²) >= 11 is 0. The fourth-order valence-corrected chi connectivity index (χ4v) is 2.68. The van der Waals surface area contributed by atoms with Gasteiger partial charge in [-0.05, 0) is 48.1 Å². The first-order chi connectivity index (χ1) is 11.3. The molecule has 2 rings (SSSR count). The predicted molar refractivity (Wildman–Crippen MR) is 94.1 cm³/mol. The number of aryl methyl sites for hydroxylation is 1. The maximum Gasteiger partial charge on any atom is 1.00 e. The largest absolute Gasteiger partial charge is 1.00 e. The number of ether oxygens (including phenoxy) is 1. The molecular formula is C21H25NaO3. The maximum atomic E-state index is 11.7. The molecule has 0 saturated heterocycles. The zero-order chi connectivity index (χ0) is 17.7. The van der Waals surface area contributed by atoms with Gasteiger partial charge in [0.2, 0.25) is 0 Å². The first kappa shape index (κ1) is 21.8. The van der Waals surface area contributed by atoms with E-state index < -0.39 is 11.6 Å². The van der Waals surface area contributed by atoms with Gasteiger partial charge in [0.25, 0.3) is 0 Å². The molecule has 0 radical (unpaired) electrons. The van der Waals surface area contributed by atoms with E-state index in [1.807, 2.05) is 48.5 Å². The molecular weight excluding hydrogens is 323 g/mol. The van der Waals surface area contributed by atoms with Gasteiger partial charge in [-0.3, -0.25) is 0 Å². The van der Waals surface area contributed by atoms with Crippen LogP contribution in [0.1, 0.15) is 50.3 Å². The Morgan fingerprint density at radius 1 is 1.12 bits per heavy atom. The van der Waals surface area contributed by atoms with Gasteiger partial charge in [0.05, 0.1) is 5.97 Å². The fraction of sp³-hybridized carbons (Fsp3) is 0.381. The molecule has 0 bridgehead atoms. The zero-order valence-electron chi connectivity index (χ0n) is 15.8. The number of carboxylic acid groups (broad SMARTS) is 1. The summed E-state index contributed by atoms with van der Waals surface area (Å²) in [6, 6.07) is 15.5. The monoisotopic (exact) mass is 348 g/mol. The molecule has 0 saturated carbocycles. The van der Waals surface area contributed by atoms with Crippen LogP contribution in [0.4, 0.5) is 0 Å². The molecule has 0 aromatic heterocycles. The summed E-state index contributed by atoms with van der Waals surface area (Å²) in [6.07, 6.45) is 1.17. The molecule has 1 unspecified atom stereocenters. The summed E-state index contributed by atoms with van der Waals surface area (Å²) < 4.78 is 5.81. The van der Waals surface area contributed by atoms with E-state index in [0.29, 0.717) is 11.7 Å². The molecule has 4 heteroatoms. The van der Waals surface area contributed by atoms with E-state index in [1.54, 1.807) is 6.92 Å². The number of carbonyl (C=O) groups excluding carboxylic acids is 1. The minimum absolute atomic E-state index is 0. The second-order valence-corrected chi connectivity index (χ2v) is 6.69. The van der Waals surface area contributed by atoms with Crippen LogP contribution < -0.4 is 39.4 Å². The van der Waals surface area contributed by atoms with Gasteiger partial charge >= 0.3 is 29.6 Å². The quantitative estimate of drug-likeness (QED) is 0.685. The molecule has 0 heterocycles. The van der Waals surface area contributed by atoms with Gasteiger partial charge in [-0.2, -0.15) is 0 Å². The maximum absolute atomic E-state index is 11.7. The molecule has 0 aliphatic rings. The van der Waals surface area contributed by atoms with Gasteiger partial charge < -0.3 is 14.6 Å². The molecule has 2 aromatic carbocycles. The van der Waals surface area contributed by atoms with E-state index in [1.165, 1.54) is 11.1 Å². The molecule has 2 aromatic rings. The topological polar surface area (TPSA) is 49.4 Å². The van der Waals surface area contributed by atoms with Gasteiger partial charge in [0, 0.05) is 6.42 Å². The second kappa shape index (κ2) is 9.42. The standard InChI is InChI=1S/C21H26O3.Na/c1-5-16-7-6-8-17(13-16)14-21(4,20(22)23)24-19-11-9-18(10-12-19)15(2)3;/h6-13,15H,5,14H2,1-4H3,(H,22,23);/q;+1/p-1. The van der Waals surface area contributed by atoms with E-state index in [4.69, 9.17) is 4.74 Å². The van der Waals surface area contributed by atoms with Gasteiger partial charge in [-0.1, -0.05) is 57.2 Å². The molecule has 0 spiro atoms. The summed E-state index contributed by atoms with van der Waals surface area (Å²) in [5.41, 5.74) is 1.88. The Hall–Kier alpha value is -1.29. The molecule has 0 N–H and O–H groups in total. The number of hydrogen-bond donors (Lipinski definition) is 0. The van der Waals surface area contributed by atoms with Crippen molar-refractivity contribution in [2.24, 2.45) is 0 Å². The van der Waals surface area contributed by atoms with Crippen LogP contribution in [0.3, 0.4) is 0 Å². The Bertz CT molecular complexity index is 695. The van der Waals surface area contributed by atoms with Crippen LogP contribution in [-0.4, -0.2) is 11.6 Å². The van der Waals surface area contributed by atoms with Crippen LogP contribution >= 0.6 is 0 Å². The van der Waals surface area contributed by atoms with Crippen molar-refractivity contribution < 1.29 is 44.2 Å². The summed E-state index contributed by atoms with van der Waals surface area (Å²) in [5, 5.41) is 11.7. The average molecular weight is 348 g/mol. The number of aliphatic carboxylic acids is 1. The van der Waals surface area contributed by atoms with Gasteiger partial charge in [-0.25, -0.2) is 0 Å². The average Bonchev–Trinajstić information content (AvgIpc) is 2.55. The number of rotatable bonds is 7. The fourth-order valence-electron chi connectivity index (χ4n) is 2.68. The Morgan fingerprint density at radius 3 is 2.24 bits per heavy atom. The van der Waals surface area contributed by atoms with Gasteiger partial charge in [0.1, 0.15) is 11.4 Å². The van der Waals surface area contributed by atoms with E-state index >= 15 is 0 Å². The Kier molecular flexibility index (Phi) is 8.20. The summed E-state index contributed by atoms with van der Waals surface area (Å²) in [6.45, 7) is 7.87. The number of carboxylic acids is 1. The van der Waals surface area contributed by atoms with E-state index in [-0.39, 0.29) is 36.0 Å². The third-order valence-electron chi connectivity index (χ3n) is 4.26. The molecule has 0 aliphatic carbocycles. The number of hydrogen-bond acceptors (Lipinski definition) is 3. The molecule has 128 valence electrons. The summed E-state index contributed by atoms with van der Waals surface area (Å²) in [5.74, 6) is -0.251. The van der Waals surface area contributed by atoms with Crippen LogP contribution in [0, 0.1) is 0 Å². The van der Waals surface area contributed by atoms with Crippen LogP contribution in [0.15, 0.2) is 48.5 Å². The van der Waals surface area contributed by atoms with Crippen LogP contribution in [0.25, 0.3) is 0 Å². The SMILES string of the molecule is CCc1cccc(CC(C)(Oc2ccc(C(C)C)cc2)C(=O)[O-])c1.[Na+]. The van der Waals surface area contributed by atoms with Crippen LogP contribution in [0.2, 0.25) is 0 Å². The predicted octanol–water partition coefficient (Wildman–Crippen LogP) is 0.506. The van der Waals surface area contributed by atoms with Crippen molar-refractivity contribution in [1.29, 1.82) is 0 Å². The minimum atomic E-state index is -1.41. The third kappa shape index (κ3) is 5.88. The molecule has 0 fully saturated rings. The van der Waals surface area contributed by atoms with Gasteiger partial charge in [0.15, 0.2) is 0 Å². The van der Waals surface area contributed by atoms with E-state index in [0.717, 1.165) is 12.0 Å². The van der Waals surface area contributed by atoms with Crippen LogP contribution in [-0.2, 0) is 17.6 Å². The molecule has 0 amide bonds. The molecule has 1 atom stereocenters. The minimum Gasteiger partial charge on any atom is -0.546 e. The van der Waals surface area contributed by atoms with Crippen molar-refractivity contribution in [2.75, 3.05) is 0 Å². The van der Waals surface area contributed by atoms with Crippen molar-refractivity contribution in [2.45, 2.75) is 52.1 Å². The number of carbonyl (C=O) groups is 1. The zero-order valence-corrected chi connectivity index (χ0v) is 17.8. The molecule has 0 aliphatic heterocycles. The first-order valence-electron chi connectivity index (χ1n) is 8.42. The summed E-state index contributed by atoms with van der Waals surface area (Å²) in [7, 11) is 0. The van der Waals surface area contributed by atoms with Crippen molar-refractivity contribution in [3.8, 4) is 5.75 Å². The molecule has 25 heavy (non-hydrogen) atoms. The second-order valence-electron chi connectivity index (χ2n) is 6.69. The molecule has 3 nitrogen and oxygen atoms in total. The Balaban J connectivity index is 0.00000312. The Morgan fingerprint density at radius 2 is 1.72 bits per heavy atom.